The largest absolute Gasteiger partial charge is 0.494 e. The van der Waals surface area contributed by atoms with Gasteiger partial charge in [-0.3, -0.25) is 4.79 Å². The molecule has 0 saturated carbocycles. The zero-order chi connectivity index (χ0) is 17.2. The Morgan fingerprint density at radius 3 is 2.50 bits per heavy atom. The molecule has 0 aliphatic rings. The van der Waals surface area contributed by atoms with Gasteiger partial charge in [0.15, 0.2) is 5.11 Å². The smallest absolute Gasteiger partial charge is 0.226 e. The fourth-order valence-corrected chi connectivity index (χ4v) is 2.28. The second-order valence-electron chi connectivity index (χ2n) is 5.12. The first-order valence-electron chi connectivity index (χ1n) is 7.63. The van der Waals surface area contributed by atoms with Gasteiger partial charge in [-0.2, -0.15) is 0 Å². The molecule has 2 N–H and O–H groups in total. The normalized spacial score (nSPS) is 10.0. The summed E-state index contributed by atoms with van der Waals surface area (Å²) in [6.45, 7) is 1.04. The number of benzene rings is 2. The Morgan fingerprint density at radius 2 is 1.79 bits per heavy atom. The van der Waals surface area contributed by atoms with Crippen molar-refractivity contribution in [2.45, 2.75) is 19.4 Å². The summed E-state index contributed by atoms with van der Waals surface area (Å²) in [6, 6.07) is 17.0. The number of thiocarbonyl (C=S) groups is 1. The zero-order valence-corrected chi connectivity index (χ0v) is 14.7. The van der Waals surface area contributed by atoms with Crippen molar-refractivity contribution in [2.24, 2.45) is 0 Å². The Hall–Kier alpha value is -2.11. The molecule has 24 heavy (non-hydrogen) atoms. The number of carbonyl (C=O) groups is 1. The topological polar surface area (TPSA) is 50.4 Å². The van der Waals surface area contributed by atoms with Crippen LogP contribution in [0.25, 0.3) is 0 Å². The summed E-state index contributed by atoms with van der Waals surface area (Å²) < 4.78 is 5.53. The summed E-state index contributed by atoms with van der Waals surface area (Å²) in [6.07, 6.45) is 0.955. The van der Waals surface area contributed by atoms with E-state index in [1.165, 1.54) is 0 Å². The molecule has 0 radical (unpaired) electrons. The van der Waals surface area contributed by atoms with Gasteiger partial charge >= 0.3 is 0 Å². The molecule has 0 unspecified atom stereocenters. The molecule has 0 saturated heterocycles. The standard InChI is InChI=1S/C18H19ClN2O2S/c19-15-8-10-16(11-9-15)23-12-4-7-17(22)21-18(24)20-13-14-5-2-1-3-6-14/h1-3,5-6,8-11H,4,7,12-13H2,(H2,20,21,22,24). The van der Waals surface area contributed by atoms with Gasteiger partial charge in [0.2, 0.25) is 5.91 Å². The first kappa shape index (κ1) is 18.2. The first-order valence-corrected chi connectivity index (χ1v) is 8.42. The van der Waals surface area contributed by atoms with Gasteiger partial charge in [0, 0.05) is 18.0 Å². The van der Waals surface area contributed by atoms with E-state index in [4.69, 9.17) is 28.6 Å². The Balaban J connectivity index is 1.58. The molecule has 0 aliphatic carbocycles. The maximum absolute atomic E-state index is 11.8. The Labute approximate surface area is 152 Å². The molecule has 6 heteroatoms. The minimum Gasteiger partial charge on any atom is -0.494 e. The van der Waals surface area contributed by atoms with E-state index in [2.05, 4.69) is 10.6 Å². The van der Waals surface area contributed by atoms with Gasteiger partial charge in [-0.25, -0.2) is 0 Å². The maximum atomic E-state index is 11.8. The van der Waals surface area contributed by atoms with Gasteiger partial charge in [0.05, 0.1) is 6.61 Å². The first-order chi connectivity index (χ1) is 11.6. The highest BCUT2D eigenvalue weighted by Gasteiger charge is 2.04. The van der Waals surface area contributed by atoms with Crippen LogP contribution < -0.4 is 15.4 Å². The third kappa shape index (κ3) is 6.98. The Morgan fingerprint density at radius 1 is 1.08 bits per heavy atom. The molecule has 0 bridgehead atoms. The molecule has 126 valence electrons. The lowest BCUT2D eigenvalue weighted by atomic mass is 10.2. The minimum atomic E-state index is -0.125. The van der Waals surface area contributed by atoms with Gasteiger partial charge in [-0.15, -0.1) is 0 Å². The van der Waals surface area contributed by atoms with Crippen LogP contribution in [0.5, 0.6) is 5.75 Å². The van der Waals surface area contributed by atoms with Crippen LogP contribution in [0.4, 0.5) is 0 Å². The van der Waals surface area contributed by atoms with E-state index in [1.54, 1.807) is 24.3 Å². The molecule has 0 aliphatic heterocycles. The van der Waals surface area contributed by atoms with E-state index in [-0.39, 0.29) is 5.91 Å². The molecule has 0 fully saturated rings. The van der Waals surface area contributed by atoms with Crippen LogP contribution in [-0.4, -0.2) is 17.6 Å². The van der Waals surface area contributed by atoms with Gasteiger partial charge in [-0.05, 0) is 48.5 Å². The molecule has 0 heterocycles. The lowest BCUT2D eigenvalue weighted by Gasteiger charge is -2.10. The monoisotopic (exact) mass is 362 g/mol. The third-order valence-electron chi connectivity index (χ3n) is 3.18. The molecular formula is C18H19ClN2O2S. The quantitative estimate of drug-likeness (QED) is 0.582. The van der Waals surface area contributed by atoms with E-state index in [0.29, 0.717) is 36.1 Å². The average molecular weight is 363 g/mol. The fourth-order valence-electron chi connectivity index (χ4n) is 1.97. The van der Waals surface area contributed by atoms with E-state index in [1.807, 2.05) is 30.3 Å². The van der Waals surface area contributed by atoms with E-state index >= 15 is 0 Å². The number of rotatable bonds is 7. The number of nitrogens with one attached hydrogen (secondary N) is 2. The molecule has 0 atom stereocenters. The van der Waals surface area contributed by atoms with Crippen molar-refractivity contribution in [3.05, 3.63) is 65.2 Å². The van der Waals surface area contributed by atoms with E-state index in [9.17, 15) is 4.79 Å². The predicted molar refractivity (Wildman–Crippen MR) is 100 cm³/mol. The highest BCUT2D eigenvalue weighted by Crippen LogP contribution is 2.15. The lowest BCUT2D eigenvalue weighted by Crippen LogP contribution is -2.38. The number of amides is 1. The van der Waals surface area contributed by atoms with Crippen molar-refractivity contribution in [1.82, 2.24) is 10.6 Å². The van der Waals surface area contributed by atoms with Crippen molar-refractivity contribution in [3.63, 3.8) is 0 Å². The van der Waals surface area contributed by atoms with Gasteiger partial charge in [0.1, 0.15) is 5.75 Å². The van der Waals surface area contributed by atoms with Crippen molar-refractivity contribution >= 4 is 34.8 Å². The lowest BCUT2D eigenvalue weighted by molar-refractivity contribution is -0.119. The van der Waals surface area contributed by atoms with Crippen LogP contribution in [0.2, 0.25) is 5.02 Å². The Kier molecular flexibility index (Phi) is 7.52. The summed E-state index contributed by atoms with van der Waals surface area (Å²) in [7, 11) is 0. The second kappa shape index (κ2) is 9.90. The van der Waals surface area contributed by atoms with Crippen molar-refractivity contribution in [2.75, 3.05) is 6.61 Å². The summed E-state index contributed by atoms with van der Waals surface area (Å²) in [5.41, 5.74) is 1.10. The summed E-state index contributed by atoms with van der Waals surface area (Å²) in [4.78, 5) is 11.8. The fraction of sp³-hybridized carbons (Fsp3) is 0.222. The Bertz CT molecular complexity index is 662. The number of hydrogen-bond donors (Lipinski definition) is 2. The number of carbonyl (C=O) groups excluding carboxylic acids is 1. The summed E-state index contributed by atoms with van der Waals surface area (Å²) in [5, 5.41) is 6.67. The minimum absolute atomic E-state index is 0.125. The number of ether oxygens (including phenoxy) is 1. The molecule has 2 aromatic carbocycles. The van der Waals surface area contributed by atoms with Crippen molar-refractivity contribution in [3.8, 4) is 5.75 Å². The van der Waals surface area contributed by atoms with Crippen LogP contribution >= 0.6 is 23.8 Å². The SMILES string of the molecule is O=C(CCCOc1ccc(Cl)cc1)NC(=S)NCc1ccccc1. The molecular weight excluding hydrogens is 344 g/mol. The highest BCUT2D eigenvalue weighted by atomic mass is 35.5. The van der Waals surface area contributed by atoms with Gasteiger partial charge in [-0.1, -0.05) is 41.9 Å². The van der Waals surface area contributed by atoms with Gasteiger partial charge < -0.3 is 15.4 Å². The number of halogens is 1. The molecule has 0 spiro atoms. The second-order valence-corrected chi connectivity index (χ2v) is 5.97. The van der Waals surface area contributed by atoms with Crippen molar-refractivity contribution < 1.29 is 9.53 Å². The molecule has 1 amide bonds. The summed E-state index contributed by atoms with van der Waals surface area (Å²) >= 11 is 10.9. The van der Waals surface area contributed by atoms with Crippen LogP contribution in [-0.2, 0) is 11.3 Å². The maximum Gasteiger partial charge on any atom is 0.226 e. The van der Waals surface area contributed by atoms with E-state index < -0.39 is 0 Å². The van der Waals surface area contributed by atoms with Crippen LogP contribution in [0.1, 0.15) is 18.4 Å². The summed E-state index contributed by atoms with van der Waals surface area (Å²) in [5.74, 6) is 0.611. The molecule has 4 nitrogen and oxygen atoms in total. The van der Waals surface area contributed by atoms with Gasteiger partial charge in [0.25, 0.3) is 0 Å². The van der Waals surface area contributed by atoms with E-state index in [0.717, 1.165) is 11.3 Å². The third-order valence-corrected chi connectivity index (χ3v) is 3.68. The average Bonchev–Trinajstić information content (AvgIpc) is 2.59. The molecule has 0 aromatic heterocycles. The van der Waals surface area contributed by atoms with Crippen LogP contribution in [0.15, 0.2) is 54.6 Å². The van der Waals surface area contributed by atoms with Crippen LogP contribution in [0.3, 0.4) is 0 Å². The van der Waals surface area contributed by atoms with Crippen LogP contribution in [0, 0.1) is 0 Å². The molecule has 2 rings (SSSR count). The molecule has 2 aromatic rings. The van der Waals surface area contributed by atoms with Crippen molar-refractivity contribution in [1.29, 1.82) is 0 Å². The highest BCUT2D eigenvalue weighted by molar-refractivity contribution is 7.80. The number of hydrogen-bond acceptors (Lipinski definition) is 3. The zero-order valence-electron chi connectivity index (χ0n) is 13.1. The predicted octanol–water partition coefficient (Wildman–Crippen LogP) is 3.69.